The van der Waals surface area contributed by atoms with Gasteiger partial charge in [-0.05, 0) is 29.7 Å². The largest absolute Gasteiger partial charge is 0.573 e. The van der Waals surface area contributed by atoms with Gasteiger partial charge in [-0.2, -0.15) is 0 Å². The number of aryl methyl sites for hydroxylation is 1. The van der Waals surface area contributed by atoms with Crippen LogP contribution >= 0.6 is 15.9 Å². The lowest BCUT2D eigenvalue weighted by molar-refractivity contribution is -0.274. The fourth-order valence-corrected chi connectivity index (χ4v) is 2.22. The Morgan fingerprint density at radius 2 is 1.75 bits per heavy atom. The quantitative estimate of drug-likeness (QED) is 0.739. The molecule has 2 rings (SSSR count). The zero-order valence-electron chi connectivity index (χ0n) is 10.7. The number of rotatable bonds is 3. The predicted octanol–water partition coefficient (Wildman–Crippen LogP) is 5.25. The third-order valence-electron chi connectivity index (χ3n) is 2.80. The third-order valence-corrected chi connectivity index (χ3v) is 3.66. The first kappa shape index (κ1) is 14.9. The molecule has 0 saturated heterocycles. The molecule has 0 aromatic heterocycles. The fraction of sp³-hybridized carbons (Fsp3) is 0.200. The molecule has 106 valence electrons. The normalized spacial score (nSPS) is 11.4. The summed E-state index contributed by atoms with van der Waals surface area (Å²) in [5.41, 5.74) is 2.31. The van der Waals surface area contributed by atoms with Crippen molar-refractivity contribution in [2.24, 2.45) is 0 Å². The molecular weight excluding hydrogens is 333 g/mol. The number of alkyl halides is 3. The van der Waals surface area contributed by atoms with Gasteiger partial charge in [0.2, 0.25) is 0 Å². The molecule has 2 aromatic rings. The highest BCUT2D eigenvalue weighted by Crippen LogP contribution is 2.32. The summed E-state index contributed by atoms with van der Waals surface area (Å²) in [4.78, 5) is 0. The molecule has 0 aliphatic rings. The van der Waals surface area contributed by atoms with Crippen molar-refractivity contribution in [3.8, 4) is 5.75 Å². The van der Waals surface area contributed by atoms with Crippen LogP contribution in [0.15, 0.2) is 46.9 Å². The van der Waals surface area contributed by atoms with E-state index < -0.39 is 6.36 Å². The van der Waals surface area contributed by atoms with Gasteiger partial charge in [-0.3, -0.25) is 0 Å². The summed E-state index contributed by atoms with van der Waals surface area (Å²) in [6, 6.07) is 12.4. The van der Waals surface area contributed by atoms with Crippen LogP contribution < -0.4 is 4.74 Å². The van der Waals surface area contributed by atoms with E-state index in [0.29, 0.717) is 16.5 Å². The molecule has 0 N–H and O–H groups in total. The summed E-state index contributed by atoms with van der Waals surface area (Å²) in [6.07, 6.45) is -4.31. The Morgan fingerprint density at radius 1 is 1.10 bits per heavy atom. The molecule has 2 aromatic carbocycles. The maximum atomic E-state index is 12.5. The zero-order chi connectivity index (χ0) is 14.8. The van der Waals surface area contributed by atoms with E-state index in [1.165, 1.54) is 6.07 Å². The van der Waals surface area contributed by atoms with Crippen molar-refractivity contribution in [1.82, 2.24) is 0 Å². The van der Waals surface area contributed by atoms with Gasteiger partial charge < -0.3 is 4.74 Å². The minimum Gasteiger partial charge on any atom is -0.405 e. The van der Waals surface area contributed by atoms with E-state index in [1.54, 1.807) is 6.07 Å². The first-order valence-electron chi connectivity index (χ1n) is 5.94. The van der Waals surface area contributed by atoms with Gasteiger partial charge in [-0.15, -0.1) is 13.2 Å². The van der Waals surface area contributed by atoms with E-state index in [4.69, 9.17) is 0 Å². The number of hydrogen-bond donors (Lipinski definition) is 0. The van der Waals surface area contributed by atoms with Gasteiger partial charge >= 0.3 is 6.36 Å². The van der Waals surface area contributed by atoms with Gasteiger partial charge in [0.05, 0.1) is 0 Å². The Bertz CT molecular complexity index is 594. The van der Waals surface area contributed by atoms with Crippen LogP contribution in [0, 0.1) is 6.92 Å². The van der Waals surface area contributed by atoms with E-state index in [-0.39, 0.29) is 5.75 Å². The van der Waals surface area contributed by atoms with Crippen LogP contribution in [0.5, 0.6) is 5.75 Å². The van der Waals surface area contributed by atoms with Gasteiger partial charge in [-0.1, -0.05) is 52.3 Å². The molecule has 5 heteroatoms. The highest BCUT2D eigenvalue weighted by Gasteiger charge is 2.32. The molecule has 20 heavy (non-hydrogen) atoms. The van der Waals surface area contributed by atoms with E-state index in [0.717, 1.165) is 11.1 Å². The second kappa shape index (κ2) is 5.87. The maximum absolute atomic E-state index is 12.5. The molecule has 0 atom stereocenters. The van der Waals surface area contributed by atoms with Crippen molar-refractivity contribution >= 4 is 15.9 Å². The summed E-state index contributed by atoms with van der Waals surface area (Å²) < 4.78 is 42.1. The van der Waals surface area contributed by atoms with Crippen LogP contribution in [0.4, 0.5) is 13.2 Å². The lowest BCUT2D eigenvalue weighted by Crippen LogP contribution is -2.18. The molecular formula is C15H12BrF3O. The summed E-state index contributed by atoms with van der Waals surface area (Å²) in [7, 11) is 0. The van der Waals surface area contributed by atoms with E-state index in [2.05, 4.69) is 20.7 Å². The molecule has 0 aliphatic carbocycles. The van der Waals surface area contributed by atoms with Crippen molar-refractivity contribution in [2.45, 2.75) is 19.7 Å². The second-order valence-corrected chi connectivity index (χ2v) is 5.27. The van der Waals surface area contributed by atoms with Crippen molar-refractivity contribution in [2.75, 3.05) is 0 Å². The standard InChI is InChI=1S/C15H12BrF3O/c1-10-7-12(8-11-5-3-2-4-6-11)14(9-13(10)16)20-15(17,18)19/h2-7,9H,8H2,1H3. The van der Waals surface area contributed by atoms with Gasteiger partial charge in [0, 0.05) is 10.9 Å². The molecule has 0 amide bonds. The van der Waals surface area contributed by atoms with Crippen LogP contribution in [0.2, 0.25) is 0 Å². The first-order chi connectivity index (χ1) is 9.35. The molecule has 0 aliphatic heterocycles. The Morgan fingerprint density at radius 3 is 2.35 bits per heavy atom. The third kappa shape index (κ3) is 4.00. The van der Waals surface area contributed by atoms with E-state index >= 15 is 0 Å². The van der Waals surface area contributed by atoms with Crippen molar-refractivity contribution < 1.29 is 17.9 Å². The predicted molar refractivity (Wildman–Crippen MR) is 74.8 cm³/mol. The van der Waals surface area contributed by atoms with E-state index in [9.17, 15) is 13.2 Å². The number of hydrogen-bond acceptors (Lipinski definition) is 1. The fourth-order valence-electron chi connectivity index (χ4n) is 1.90. The summed E-state index contributed by atoms with van der Waals surface area (Å²) in [6.45, 7) is 1.83. The van der Waals surface area contributed by atoms with Crippen LogP contribution in [-0.2, 0) is 6.42 Å². The minimum atomic E-state index is -4.69. The maximum Gasteiger partial charge on any atom is 0.573 e. The molecule has 0 bridgehead atoms. The summed E-state index contributed by atoms with van der Waals surface area (Å²) in [5.74, 6) is -0.168. The van der Waals surface area contributed by atoms with Gasteiger partial charge in [0.1, 0.15) is 5.75 Å². The Hall–Kier alpha value is -1.49. The van der Waals surface area contributed by atoms with Crippen LogP contribution in [0.25, 0.3) is 0 Å². The van der Waals surface area contributed by atoms with Crippen LogP contribution in [0.3, 0.4) is 0 Å². The first-order valence-corrected chi connectivity index (χ1v) is 6.73. The van der Waals surface area contributed by atoms with Crippen LogP contribution in [0.1, 0.15) is 16.7 Å². The molecule has 0 heterocycles. The lowest BCUT2D eigenvalue weighted by Gasteiger charge is -2.15. The van der Waals surface area contributed by atoms with Gasteiger partial charge in [0.25, 0.3) is 0 Å². The highest BCUT2D eigenvalue weighted by atomic mass is 79.9. The number of benzene rings is 2. The number of halogens is 4. The van der Waals surface area contributed by atoms with Gasteiger partial charge in [0.15, 0.2) is 0 Å². The topological polar surface area (TPSA) is 9.23 Å². The molecule has 0 spiro atoms. The average Bonchev–Trinajstić information content (AvgIpc) is 2.35. The molecule has 0 saturated carbocycles. The smallest absolute Gasteiger partial charge is 0.405 e. The van der Waals surface area contributed by atoms with E-state index in [1.807, 2.05) is 37.3 Å². The Labute approximate surface area is 123 Å². The van der Waals surface area contributed by atoms with Crippen molar-refractivity contribution in [1.29, 1.82) is 0 Å². The minimum absolute atomic E-state index is 0.168. The Kier molecular flexibility index (Phi) is 4.38. The van der Waals surface area contributed by atoms with Crippen molar-refractivity contribution in [3.05, 3.63) is 63.6 Å². The second-order valence-electron chi connectivity index (χ2n) is 4.42. The van der Waals surface area contributed by atoms with Crippen molar-refractivity contribution in [3.63, 3.8) is 0 Å². The zero-order valence-corrected chi connectivity index (χ0v) is 12.3. The Balaban J connectivity index is 2.37. The average molecular weight is 345 g/mol. The monoisotopic (exact) mass is 344 g/mol. The molecule has 0 fully saturated rings. The molecule has 0 radical (unpaired) electrons. The molecule has 1 nitrogen and oxygen atoms in total. The summed E-state index contributed by atoms with van der Waals surface area (Å²) in [5, 5.41) is 0. The lowest BCUT2D eigenvalue weighted by atomic mass is 10.0. The summed E-state index contributed by atoms with van der Waals surface area (Å²) >= 11 is 3.23. The van der Waals surface area contributed by atoms with Gasteiger partial charge in [-0.25, -0.2) is 0 Å². The SMILES string of the molecule is Cc1cc(Cc2ccccc2)c(OC(F)(F)F)cc1Br. The number of ether oxygens (including phenoxy) is 1. The highest BCUT2D eigenvalue weighted by molar-refractivity contribution is 9.10. The molecule has 0 unspecified atom stereocenters. The van der Waals surface area contributed by atoms with Crippen LogP contribution in [-0.4, -0.2) is 6.36 Å².